The van der Waals surface area contributed by atoms with Gasteiger partial charge >= 0.3 is 0 Å². The second-order valence-electron chi connectivity index (χ2n) is 7.14. The Morgan fingerprint density at radius 3 is 2.69 bits per heavy atom. The van der Waals surface area contributed by atoms with Gasteiger partial charge in [0.25, 0.3) is 5.56 Å². The lowest BCUT2D eigenvalue weighted by Gasteiger charge is -2.21. The smallest absolute Gasteiger partial charge is 0.251 e. The van der Waals surface area contributed by atoms with Crippen molar-refractivity contribution in [1.29, 1.82) is 0 Å². The number of hydrogen-bond donors (Lipinski definition) is 1. The number of rotatable bonds is 4. The SMILES string of the molecule is CC(c1cc(=O)[nH]c(SC2CCCCC2)n1)c1cccc2ccccc12. The molecule has 1 fully saturated rings. The maximum Gasteiger partial charge on any atom is 0.251 e. The van der Waals surface area contributed by atoms with Crippen LogP contribution in [0.5, 0.6) is 0 Å². The predicted octanol–water partition coefficient (Wildman–Crippen LogP) is 5.50. The Hall–Kier alpha value is -2.07. The molecule has 0 radical (unpaired) electrons. The van der Waals surface area contributed by atoms with Crippen molar-refractivity contribution in [2.24, 2.45) is 0 Å². The Morgan fingerprint density at radius 1 is 1.08 bits per heavy atom. The summed E-state index contributed by atoms with van der Waals surface area (Å²) in [6.45, 7) is 2.14. The van der Waals surface area contributed by atoms with E-state index in [4.69, 9.17) is 4.98 Å². The first-order valence-electron chi connectivity index (χ1n) is 9.46. The van der Waals surface area contributed by atoms with E-state index in [2.05, 4.69) is 54.4 Å². The van der Waals surface area contributed by atoms with Crippen LogP contribution in [-0.2, 0) is 0 Å². The summed E-state index contributed by atoms with van der Waals surface area (Å²) in [5, 5.41) is 3.80. The second kappa shape index (κ2) is 7.67. The van der Waals surface area contributed by atoms with Crippen molar-refractivity contribution in [3.63, 3.8) is 0 Å². The van der Waals surface area contributed by atoms with Gasteiger partial charge in [0.15, 0.2) is 5.16 Å². The van der Waals surface area contributed by atoms with Crippen LogP contribution in [0.1, 0.15) is 56.2 Å². The topological polar surface area (TPSA) is 45.8 Å². The fourth-order valence-corrected chi connectivity index (χ4v) is 5.06. The van der Waals surface area contributed by atoms with Crippen LogP contribution in [0.15, 0.2) is 58.5 Å². The number of aromatic nitrogens is 2. The standard InChI is InChI=1S/C22H24N2OS/c1-15(18-13-7-9-16-8-5-6-12-19(16)18)20-14-21(25)24-22(23-20)26-17-10-3-2-4-11-17/h5-9,12-15,17H,2-4,10-11H2,1H3,(H,23,24,25). The largest absolute Gasteiger partial charge is 0.301 e. The molecule has 1 N–H and O–H groups in total. The van der Waals surface area contributed by atoms with E-state index in [1.807, 2.05) is 0 Å². The molecule has 0 aliphatic heterocycles. The Morgan fingerprint density at radius 2 is 1.85 bits per heavy atom. The van der Waals surface area contributed by atoms with Crippen molar-refractivity contribution >= 4 is 22.5 Å². The van der Waals surface area contributed by atoms with Gasteiger partial charge in [-0.2, -0.15) is 0 Å². The number of nitrogens with zero attached hydrogens (tertiary/aromatic N) is 1. The zero-order valence-electron chi connectivity index (χ0n) is 15.1. The van der Waals surface area contributed by atoms with E-state index in [-0.39, 0.29) is 11.5 Å². The van der Waals surface area contributed by atoms with Gasteiger partial charge in [-0.15, -0.1) is 0 Å². The molecule has 3 aromatic rings. The molecule has 2 aromatic carbocycles. The first-order chi connectivity index (χ1) is 12.7. The molecule has 1 saturated carbocycles. The molecule has 1 unspecified atom stereocenters. The van der Waals surface area contributed by atoms with Gasteiger partial charge in [-0.05, 0) is 29.2 Å². The van der Waals surface area contributed by atoms with E-state index in [1.165, 1.54) is 48.4 Å². The number of nitrogens with one attached hydrogen (secondary N) is 1. The lowest BCUT2D eigenvalue weighted by atomic mass is 9.92. The van der Waals surface area contributed by atoms with Gasteiger partial charge in [-0.3, -0.25) is 4.79 Å². The number of H-pyrrole nitrogens is 1. The lowest BCUT2D eigenvalue weighted by molar-refractivity contribution is 0.515. The van der Waals surface area contributed by atoms with Crippen molar-refractivity contribution in [2.45, 2.75) is 55.4 Å². The molecule has 0 spiro atoms. The fourth-order valence-electron chi connectivity index (χ4n) is 3.86. The molecule has 0 saturated heterocycles. The van der Waals surface area contributed by atoms with Gasteiger partial charge in [-0.25, -0.2) is 4.98 Å². The highest BCUT2D eigenvalue weighted by molar-refractivity contribution is 7.99. The van der Waals surface area contributed by atoms with Gasteiger partial charge in [0, 0.05) is 17.2 Å². The predicted molar refractivity (Wildman–Crippen MR) is 109 cm³/mol. The van der Waals surface area contributed by atoms with Crippen molar-refractivity contribution in [3.05, 3.63) is 70.1 Å². The first kappa shape index (κ1) is 17.3. The van der Waals surface area contributed by atoms with Crippen LogP contribution in [0.3, 0.4) is 0 Å². The lowest BCUT2D eigenvalue weighted by Crippen LogP contribution is -2.15. The van der Waals surface area contributed by atoms with Crippen LogP contribution >= 0.6 is 11.8 Å². The minimum Gasteiger partial charge on any atom is -0.301 e. The molecule has 4 rings (SSSR count). The Bertz CT molecular complexity index is 954. The number of thioether (sulfide) groups is 1. The third-order valence-electron chi connectivity index (χ3n) is 5.30. The summed E-state index contributed by atoms with van der Waals surface area (Å²) < 4.78 is 0. The average molecular weight is 365 g/mol. The van der Waals surface area contributed by atoms with E-state index in [1.54, 1.807) is 17.8 Å². The number of fused-ring (bicyclic) bond motifs is 1. The molecule has 0 bridgehead atoms. The van der Waals surface area contributed by atoms with E-state index in [0.29, 0.717) is 5.25 Å². The average Bonchev–Trinajstić information content (AvgIpc) is 2.67. The summed E-state index contributed by atoms with van der Waals surface area (Å²) in [5.74, 6) is 0.0779. The van der Waals surface area contributed by atoms with Gasteiger partial charge < -0.3 is 4.98 Å². The van der Waals surface area contributed by atoms with Crippen LogP contribution in [0, 0.1) is 0 Å². The third-order valence-corrected chi connectivity index (χ3v) is 6.53. The first-order valence-corrected chi connectivity index (χ1v) is 10.3. The summed E-state index contributed by atoms with van der Waals surface area (Å²) in [6.07, 6.45) is 6.34. The molecule has 134 valence electrons. The van der Waals surface area contributed by atoms with E-state index < -0.39 is 0 Å². The highest BCUT2D eigenvalue weighted by Gasteiger charge is 2.18. The van der Waals surface area contributed by atoms with E-state index in [9.17, 15) is 4.79 Å². The van der Waals surface area contributed by atoms with Crippen molar-refractivity contribution in [2.75, 3.05) is 0 Å². The molecule has 1 atom stereocenters. The molecule has 1 heterocycles. The van der Waals surface area contributed by atoms with Gasteiger partial charge in [0.05, 0.1) is 5.69 Å². The summed E-state index contributed by atoms with van der Waals surface area (Å²) in [7, 11) is 0. The summed E-state index contributed by atoms with van der Waals surface area (Å²) in [5.41, 5.74) is 2.01. The maximum atomic E-state index is 12.2. The fraction of sp³-hybridized carbons (Fsp3) is 0.364. The van der Waals surface area contributed by atoms with Gasteiger partial charge in [-0.1, -0.05) is 80.4 Å². The minimum atomic E-state index is -0.0552. The molecule has 1 aliphatic rings. The highest BCUT2D eigenvalue weighted by Crippen LogP contribution is 2.33. The van der Waals surface area contributed by atoms with Crippen molar-refractivity contribution < 1.29 is 0 Å². The van der Waals surface area contributed by atoms with Crippen LogP contribution in [-0.4, -0.2) is 15.2 Å². The van der Waals surface area contributed by atoms with Crippen molar-refractivity contribution in [1.82, 2.24) is 9.97 Å². The third kappa shape index (κ3) is 3.70. The quantitative estimate of drug-likeness (QED) is 0.622. The zero-order chi connectivity index (χ0) is 17.9. The summed E-state index contributed by atoms with van der Waals surface area (Å²) >= 11 is 1.74. The van der Waals surface area contributed by atoms with E-state index >= 15 is 0 Å². The Labute approximate surface area is 158 Å². The molecule has 4 heteroatoms. The molecule has 3 nitrogen and oxygen atoms in total. The highest BCUT2D eigenvalue weighted by atomic mass is 32.2. The van der Waals surface area contributed by atoms with Crippen LogP contribution in [0.2, 0.25) is 0 Å². The molecular formula is C22H24N2OS. The van der Waals surface area contributed by atoms with Crippen LogP contribution in [0.25, 0.3) is 10.8 Å². The minimum absolute atomic E-state index is 0.0552. The number of aromatic amines is 1. The Balaban J connectivity index is 1.67. The van der Waals surface area contributed by atoms with Gasteiger partial charge in [0.2, 0.25) is 0 Å². The molecule has 0 amide bonds. The summed E-state index contributed by atoms with van der Waals surface area (Å²) in [4.78, 5) is 20.0. The maximum absolute atomic E-state index is 12.2. The monoisotopic (exact) mass is 364 g/mol. The number of hydrogen-bond acceptors (Lipinski definition) is 3. The molecule has 1 aliphatic carbocycles. The Kier molecular flexibility index (Phi) is 5.11. The normalized spacial score (nSPS) is 16.7. The second-order valence-corrected chi connectivity index (χ2v) is 8.43. The molecular weight excluding hydrogens is 340 g/mol. The van der Waals surface area contributed by atoms with Crippen LogP contribution in [0.4, 0.5) is 0 Å². The van der Waals surface area contributed by atoms with Gasteiger partial charge in [0.1, 0.15) is 0 Å². The summed E-state index contributed by atoms with van der Waals surface area (Å²) in [6, 6.07) is 16.4. The molecule has 1 aromatic heterocycles. The number of benzene rings is 2. The molecule has 26 heavy (non-hydrogen) atoms. The zero-order valence-corrected chi connectivity index (χ0v) is 15.9. The van der Waals surface area contributed by atoms with E-state index in [0.717, 1.165) is 10.9 Å². The van der Waals surface area contributed by atoms with Crippen LogP contribution < -0.4 is 5.56 Å². The van der Waals surface area contributed by atoms with Crippen molar-refractivity contribution in [3.8, 4) is 0 Å².